The number of nitrogens with zero attached hydrogens (tertiary/aromatic N) is 2. The molecule has 2 amide bonds. The van der Waals surface area contributed by atoms with Crippen LogP contribution in [0.3, 0.4) is 0 Å². The number of amides is 2. The highest BCUT2D eigenvalue weighted by Crippen LogP contribution is 2.32. The van der Waals surface area contributed by atoms with Crippen molar-refractivity contribution >= 4 is 55.8 Å². The minimum Gasteiger partial charge on any atom is -0.326 e. The standard InChI is InChI=1S/C19H19N3O4S3/c1-3-10-22-18(24)15(12-16(23)20-14-8-5-4-7-13(14)2)28-19(22)21-29(25,26)17-9-6-11-27-17/h3-9,11,15H,1,10,12H2,2H3,(H,20,23)/t15-/m1/s1. The number of hydrogen-bond acceptors (Lipinski definition) is 6. The Kier molecular flexibility index (Phi) is 6.56. The van der Waals surface area contributed by atoms with Gasteiger partial charge in [0.05, 0.1) is 0 Å². The van der Waals surface area contributed by atoms with Crippen LogP contribution in [0.5, 0.6) is 0 Å². The zero-order valence-corrected chi connectivity index (χ0v) is 18.0. The normalized spacial score (nSPS) is 18.2. The Morgan fingerprint density at radius 3 is 2.72 bits per heavy atom. The highest BCUT2D eigenvalue weighted by molar-refractivity contribution is 8.16. The second-order valence-electron chi connectivity index (χ2n) is 6.19. The number of thioether (sulfide) groups is 1. The fourth-order valence-corrected chi connectivity index (χ4v) is 5.98. The fraction of sp³-hybridized carbons (Fsp3) is 0.211. The third-order valence-corrected chi connectivity index (χ3v) is 8.00. The molecule has 10 heteroatoms. The van der Waals surface area contributed by atoms with E-state index in [9.17, 15) is 18.0 Å². The Bertz CT molecular complexity index is 1060. The van der Waals surface area contributed by atoms with Crippen molar-refractivity contribution in [3.8, 4) is 0 Å². The van der Waals surface area contributed by atoms with E-state index >= 15 is 0 Å². The summed E-state index contributed by atoms with van der Waals surface area (Å²) in [5.41, 5.74) is 1.58. The van der Waals surface area contributed by atoms with Gasteiger partial charge in [-0.2, -0.15) is 8.42 Å². The number of benzene rings is 1. The van der Waals surface area contributed by atoms with Crippen molar-refractivity contribution in [3.63, 3.8) is 0 Å². The summed E-state index contributed by atoms with van der Waals surface area (Å²) in [4.78, 5) is 26.4. The Hall–Kier alpha value is -2.43. The molecule has 152 valence electrons. The molecule has 0 unspecified atom stereocenters. The molecule has 2 aromatic rings. The van der Waals surface area contributed by atoms with Gasteiger partial charge in [-0.05, 0) is 30.0 Å². The first kappa shape index (κ1) is 21.3. The van der Waals surface area contributed by atoms with Crippen molar-refractivity contribution in [1.82, 2.24) is 4.90 Å². The number of para-hydroxylation sites is 1. The summed E-state index contributed by atoms with van der Waals surface area (Å²) < 4.78 is 28.9. The number of nitrogens with one attached hydrogen (secondary N) is 1. The van der Waals surface area contributed by atoms with E-state index in [0.717, 1.165) is 28.7 Å². The maximum atomic E-state index is 12.7. The first-order valence-corrected chi connectivity index (χ1v) is 11.8. The van der Waals surface area contributed by atoms with Gasteiger partial charge in [-0.3, -0.25) is 14.5 Å². The lowest BCUT2D eigenvalue weighted by molar-refractivity contribution is -0.127. The first-order chi connectivity index (χ1) is 13.8. The minimum absolute atomic E-state index is 0.0528. The van der Waals surface area contributed by atoms with Crippen LogP contribution in [0.25, 0.3) is 0 Å². The van der Waals surface area contributed by atoms with Crippen LogP contribution in [-0.4, -0.2) is 42.1 Å². The lowest BCUT2D eigenvalue weighted by Gasteiger charge is -2.13. The van der Waals surface area contributed by atoms with Crippen molar-refractivity contribution in [2.45, 2.75) is 22.8 Å². The van der Waals surface area contributed by atoms with Gasteiger partial charge in [-0.15, -0.1) is 22.3 Å². The van der Waals surface area contributed by atoms with E-state index in [1.165, 1.54) is 17.0 Å². The summed E-state index contributed by atoms with van der Waals surface area (Å²) in [7, 11) is -3.92. The Labute approximate surface area is 177 Å². The van der Waals surface area contributed by atoms with Crippen LogP contribution in [0, 0.1) is 6.92 Å². The van der Waals surface area contributed by atoms with E-state index in [0.29, 0.717) is 5.69 Å². The average Bonchev–Trinajstić information content (AvgIpc) is 3.29. The molecule has 1 aliphatic rings. The molecule has 1 atom stereocenters. The van der Waals surface area contributed by atoms with Crippen molar-refractivity contribution < 1.29 is 18.0 Å². The lowest BCUT2D eigenvalue weighted by atomic mass is 10.2. The van der Waals surface area contributed by atoms with Gasteiger partial charge in [0.15, 0.2) is 5.17 Å². The highest BCUT2D eigenvalue weighted by atomic mass is 32.2. The summed E-state index contributed by atoms with van der Waals surface area (Å²) >= 11 is 2.03. The number of rotatable bonds is 7. The number of hydrogen-bond donors (Lipinski definition) is 1. The third kappa shape index (κ3) is 4.95. The summed E-state index contributed by atoms with van der Waals surface area (Å²) in [6.07, 6.45) is 1.39. The molecule has 0 spiro atoms. The van der Waals surface area contributed by atoms with E-state index in [-0.39, 0.29) is 34.2 Å². The molecule has 29 heavy (non-hydrogen) atoms. The molecule has 0 aliphatic carbocycles. The number of aryl methyl sites for hydroxylation is 1. The monoisotopic (exact) mass is 449 g/mol. The van der Waals surface area contributed by atoms with Crippen LogP contribution in [0.15, 0.2) is 63.0 Å². The van der Waals surface area contributed by atoms with Crippen molar-refractivity contribution in [2.75, 3.05) is 11.9 Å². The maximum Gasteiger partial charge on any atom is 0.294 e. The Balaban J connectivity index is 1.78. The SMILES string of the molecule is C=CCN1C(=O)[C@@H](CC(=O)Nc2ccccc2C)SC1=NS(=O)(=O)c1cccs1. The zero-order valence-electron chi connectivity index (χ0n) is 15.6. The lowest BCUT2D eigenvalue weighted by Crippen LogP contribution is -2.33. The van der Waals surface area contributed by atoms with Crippen LogP contribution in [0.2, 0.25) is 0 Å². The Morgan fingerprint density at radius 1 is 1.31 bits per heavy atom. The molecular formula is C19H19N3O4S3. The largest absolute Gasteiger partial charge is 0.326 e. The molecule has 1 N–H and O–H groups in total. The van der Waals surface area contributed by atoms with Crippen LogP contribution >= 0.6 is 23.1 Å². The van der Waals surface area contributed by atoms with E-state index in [1.807, 2.05) is 25.1 Å². The molecule has 0 bridgehead atoms. The van der Waals surface area contributed by atoms with E-state index < -0.39 is 15.3 Å². The van der Waals surface area contributed by atoms with Crippen molar-refractivity contribution in [3.05, 3.63) is 60.0 Å². The Morgan fingerprint density at radius 2 is 2.07 bits per heavy atom. The fourth-order valence-electron chi connectivity index (χ4n) is 2.65. The van der Waals surface area contributed by atoms with Crippen molar-refractivity contribution in [2.24, 2.45) is 4.40 Å². The molecule has 1 aliphatic heterocycles. The number of sulfonamides is 1. The predicted molar refractivity (Wildman–Crippen MR) is 117 cm³/mol. The molecule has 1 aromatic heterocycles. The second kappa shape index (κ2) is 8.93. The van der Waals surface area contributed by atoms with Crippen LogP contribution in [0.4, 0.5) is 5.69 Å². The molecular weight excluding hydrogens is 430 g/mol. The van der Waals surface area contributed by atoms with E-state index in [4.69, 9.17) is 0 Å². The first-order valence-electron chi connectivity index (χ1n) is 8.64. The molecule has 2 heterocycles. The predicted octanol–water partition coefficient (Wildman–Crippen LogP) is 3.26. The number of anilines is 1. The van der Waals surface area contributed by atoms with Gasteiger partial charge >= 0.3 is 0 Å². The van der Waals surface area contributed by atoms with E-state index in [2.05, 4.69) is 16.3 Å². The highest BCUT2D eigenvalue weighted by Gasteiger charge is 2.39. The topological polar surface area (TPSA) is 95.9 Å². The number of carbonyl (C=O) groups excluding carboxylic acids is 2. The van der Waals surface area contributed by atoms with E-state index in [1.54, 1.807) is 17.5 Å². The molecule has 7 nitrogen and oxygen atoms in total. The van der Waals surface area contributed by atoms with Crippen molar-refractivity contribution in [1.29, 1.82) is 0 Å². The van der Waals surface area contributed by atoms with Gasteiger partial charge in [-0.1, -0.05) is 42.1 Å². The third-order valence-electron chi connectivity index (χ3n) is 4.07. The molecule has 0 radical (unpaired) electrons. The maximum absolute atomic E-state index is 12.7. The number of amidine groups is 1. The molecule has 1 aromatic carbocycles. The summed E-state index contributed by atoms with van der Waals surface area (Å²) in [6.45, 7) is 5.59. The van der Waals surface area contributed by atoms with Gasteiger partial charge in [-0.25, -0.2) is 0 Å². The minimum atomic E-state index is -3.92. The van der Waals surface area contributed by atoms with Gasteiger partial charge in [0, 0.05) is 18.7 Å². The summed E-state index contributed by atoms with van der Waals surface area (Å²) in [5, 5.41) is 3.73. The van der Waals surface area contributed by atoms with Crippen LogP contribution in [0.1, 0.15) is 12.0 Å². The van der Waals surface area contributed by atoms with Gasteiger partial charge < -0.3 is 5.32 Å². The second-order valence-corrected chi connectivity index (χ2v) is 10.1. The molecule has 1 saturated heterocycles. The van der Waals surface area contributed by atoms with Gasteiger partial charge in [0.2, 0.25) is 11.8 Å². The van der Waals surface area contributed by atoms with Crippen LogP contribution in [-0.2, 0) is 19.6 Å². The molecule has 1 fully saturated rings. The van der Waals surface area contributed by atoms with Gasteiger partial charge in [0.1, 0.15) is 9.46 Å². The molecule has 0 saturated carbocycles. The van der Waals surface area contributed by atoms with Crippen LogP contribution < -0.4 is 5.32 Å². The number of thiophene rings is 1. The quantitative estimate of drug-likeness (QED) is 0.655. The summed E-state index contributed by atoms with van der Waals surface area (Å²) in [5.74, 6) is -0.693. The molecule has 3 rings (SSSR count). The van der Waals surface area contributed by atoms with Gasteiger partial charge in [0.25, 0.3) is 10.0 Å². The zero-order chi connectivity index (χ0) is 21.0. The average molecular weight is 450 g/mol. The smallest absolute Gasteiger partial charge is 0.294 e. The summed E-state index contributed by atoms with van der Waals surface area (Å²) in [6, 6.07) is 10.4. The number of carbonyl (C=O) groups is 2.